The van der Waals surface area contributed by atoms with Crippen LogP contribution in [0.4, 0.5) is 0 Å². The Labute approximate surface area is 230 Å². The van der Waals surface area contributed by atoms with E-state index in [9.17, 15) is 13.2 Å². The molecule has 0 aromatic heterocycles. The smallest absolute Gasteiger partial charge is 0.248 e. The van der Waals surface area contributed by atoms with Crippen molar-refractivity contribution in [2.75, 3.05) is 73.7 Å². The topological polar surface area (TPSA) is 82.6 Å². The Balaban J connectivity index is 1.48. The third kappa shape index (κ3) is 7.47. The third-order valence-corrected chi connectivity index (χ3v) is 10.4. The van der Waals surface area contributed by atoms with Crippen molar-refractivity contribution in [3.05, 3.63) is 23.3 Å². The summed E-state index contributed by atoms with van der Waals surface area (Å²) >= 11 is 0. The largest absolute Gasteiger partial charge is 0.497 e. The first kappa shape index (κ1) is 30.8. The van der Waals surface area contributed by atoms with E-state index in [1.54, 1.807) is 33.2 Å². The molecule has 1 amide bonds. The maximum Gasteiger partial charge on any atom is 0.248 e. The highest BCUT2D eigenvalue weighted by molar-refractivity contribution is 7.89. The Morgan fingerprint density at radius 3 is 2.45 bits per heavy atom. The number of piperazine rings is 1. The number of aryl methyl sites for hydroxylation is 2. The summed E-state index contributed by atoms with van der Waals surface area (Å²) in [7, 11) is 1.31. The van der Waals surface area contributed by atoms with E-state index < -0.39 is 10.0 Å². The molecule has 0 bridgehead atoms. The molecular formula is C28H48N4O5S. The second kappa shape index (κ2) is 14.1. The molecule has 38 heavy (non-hydrogen) atoms. The molecule has 3 rings (SSSR count). The summed E-state index contributed by atoms with van der Waals surface area (Å²) in [5.41, 5.74) is 1.38. The molecule has 1 aromatic carbocycles. The van der Waals surface area contributed by atoms with Gasteiger partial charge in [-0.2, -0.15) is 4.31 Å². The summed E-state index contributed by atoms with van der Waals surface area (Å²) in [6.45, 7) is 11.8. The molecule has 2 atom stereocenters. The lowest BCUT2D eigenvalue weighted by Gasteiger charge is -2.43. The van der Waals surface area contributed by atoms with Gasteiger partial charge < -0.3 is 19.3 Å². The van der Waals surface area contributed by atoms with Crippen molar-refractivity contribution >= 4 is 15.9 Å². The van der Waals surface area contributed by atoms with E-state index >= 15 is 0 Å². The molecule has 0 N–H and O–H groups in total. The van der Waals surface area contributed by atoms with Crippen LogP contribution in [-0.4, -0.2) is 119 Å². The van der Waals surface area contributed by atoms with Crippen molar-refractivity contribution in [3.63, 3.8) is 0 Å². The Morgan fingerprint density at radius 2 is 1.82 bits per heavy atom. The number of ether oxygens (including phenoxy) is 2. The molecular weight excluding hydrogens is 504 g/mol. The predicted molar refractivity (Wildman–Crippen MR) is 150 cm³/mol. The number of nitrogens with zero attached hydrogens (tertiary/aromatic N) is 4. The van der Waals surface area contributed by atoms with Crippen LogP contribution in [0.1, 0.15) is 50.7 Å². The van der Waals surface area contributed by atoms with E-state index in [0.29, 0.717) is 28.7 Å². The maximum atomic E-state index is 13.3. The van der Waals surface area contributed by atoms with Gasteiger partial charge in [0.1, 0.15) is 12.4 Å². The number of hydrogen-bond acceptors (Lipinski definition) is 7. The van der Waals surface area contributed by atoms with Crippen molar-refractivity contribution in [2.24, 2.45) is 0 Å². The highest BCUT2D eigenvalue weighted by atomic mass is 32.2. The monoisotopic (exact) mass is 552 g/mol. The number of carbonyl (C=O) groups excluding carboxylic acids is 1. The molecule has 1 heterocycles. The van der Waals surface area contributed by atoms with Crippen molar-refractivity contribution in [3.8, 4) is 5.75 Å². The molecule has 10 heteroatoms. The second-order valence-corrected chi connectivity index (χ2v) is 12.6. The molecule has 1 aromatic rings. The molecule has 2 fully saturated rings. The molecule has 1 saturated heterocycles. The highest BCUT2D eigenvalue weighted by Crippen LogP contribution is 2.29. The number of methoxy groups -OCH3 is 1. The quantitative estimate of drug-likeness (QED) is 0.369. The maximum absolute atomic E-state index is 13.3. The van der Waals surface area contributed by atoms with Crippen LogP contribution >= 0.6 is 0 Å². The second-order valence-electron chi connectivity index (χ2n) is 10.6. The zero-order chi connectivity index (χ0) is 27.9. The van der Waals surface area contributed by atoms with Crippen LogP contribution in [0.15, 0.2) is 17.0 Å². The molecule has 1 saturated carbocycles. The van der Waals surface area contributed by atoms with Crippen molar-refractivity contribution in [1.29, 1.82) is 0 Å². The normalized spacial score (nSPS) is 21.6. The summed E-state index contributed by atoms with van der Waals surface area (Å²) in [6.07, 6.45) is 4.95. The summed E-state index contributed by atoms with van der Waals surface area (Å²) in [6, 6.07) is 4.28. The Kier molecular flexibility index (Phi) is 11.4. The molecule has 1 aliphatic carbocycles. The Morgan fingerprint density at radius 1 is 1.11 bits per heavy atom. The molecule has 2 aliphatic rings. The summed E-state index contributed by atoms with van der Waals surface area (Å²) in [5, 5.41) is 0. The zero-order valence-corrected chi connectivity index (χ0v) is 25.1. The average Bonchev–Trinajstić information content (AvgIpc) is 2.93. The lowest BCUT2D eigenvalue weighted by molar-refractivity contribution is -0.138. The van der Waals surface area contributed by atoms with Gasteiger partial charge in [-0.25, -0.2) is 8.42 Å². The van der Waals surface area contributed by atoms with E-state index in [2.05, 4.69) is 16.7 Å². The fraction of sp³-hybridized carbons (Fsp3) is 0.750. The van der Waals surface area contributed by atoms with Crippen molar-refractivity contribution < 1.29 is 22.7 Å². The van der Waals surface area contributed by atoms with E-state index in [1.165, 1.54) is 10.7 Å². The minimum atomic E-state index is -3.70. The molecule has 216 valence electrons. The SMILES string of the molecule is CCc1cc(OC)cc(C)c1S(=O)(=O)N(C)CCOCC(=O)N(C)[C@H]1CCC[C@H](N2CCN(CC)CC2)C1. The zero-order valence-electron chi connectivity index (χ0n) is 24.2. The number of sulfonamides is 1. The Bertz CT molecular complexity index is 1030. The number of likely N-dealkylation sites (N-methyl/N-ethyl adjacent to an activating group) is 3. The third-order valence-electron chi connectivity index (χ3n) is 8.32. The standard InChI is InChI=1S/C28H48N4O5S/c1-7-23-19-26(36-6)18-22(3)28(23)38(34,35)29(4)16-17-37-21-27(33)30(5)24-10-9-11-25(20-24)32-14-12-31(8-2)13-15-32/h18-19,24-25H,7-17,20-21H2,1-6H3/t24-,25-/m0/s1. The van der Waals surface area contributed by atoms with E-state index in [4.69, 9.17) is 9.47 Å². The Hall–Kier alpha value is -1.72. The van der Waals surface area contributed by atoms with Gasteiger partial charge in [0.2, 0.25) is 15.9 Å². The van der Waals surface area contributed by atoms with Gasteiger partial charge in [-0.05, 0) is 68.8 Å². The fourth-order valence-corrected chi connectivity index (χ4v) is 7.39. The van der Waals surface area contributed by atoms with Gasteiger partial charge in [0.15, 0.2) is 0 Å². The number of rotatable bonds is 12. The minimum Gasteiger partial charge on any atom is -0.497 e. The van der Waals surface area contributed by atoms with Crippen LogP contribution in [0.2, 0.25) is 0 Å². The van der Waals surface area contributed by atoms with Crippen molar-refractivity contribution in [1.82, 2.24) is 19.0 Å². The average molecular weight is 553 g/mol. The van der Waals surface area contributed by atoms with Crippen LogP contribution in [0, 0.1) is 6.92 Å². The van der Waals surface area contributed by atoms with Crippen LogP contribution in [0.5, 0.6) is 5.75 Å². The predicted octanol–water partition coefficient (Wildman–Crippen LogP) is 2.61. The van der Waals surface area contributed by atoms with Crippen LogP contribution in [0.3, 0.4) is 0 Å². The lowest BCUT2D eigenvalue weighted by atomic mass is 9.88. The van der Waals surface area contributed by atoms with Gasteiger partial charge in [0.25, 0.3) is 0 Å². The van der Waals surface area contributed by atoms with Crippen LogP contribution < -0.4 is 4.74 Å². The summed E-state index contributed by atoms with van der Waals surface area (Å²) in [5.74, 6) is 0.603. The van der Waals surface area contributed by atoms with Gasteiger partial charge >= 0.3 is 0 Å². The lowest BCUT2D eigenvalue weighted by Crippen LogP contribution is -2.53. The van der Waals surface area contributed by atoms with E-state index in [-0.39, 0.29) is 31.7 Å². The number of hydrogen-bond donors (Lipinski definition) is 0. The number of amides is 1. The van der Waals surface area contributed by atoms with E-state index in [1.807, 2.05) is 18.9 Å². The van der Waals surface area contributed by atoms with Gasteiger partial charge in [-0.1, -0.05) is 13.8 Å². The van der Waals surface area contributed by atoms with Gasteiger partial charge in [0.05, 0.1) is 18.6 Å². The molecule has 1 aliphatic heterocycles. The number of benzene rings is 1. The van der Waals surface area contributed by atoms with Crippen LogP contribution in [-0.2, 0) is 26.0 Å². The first-order chi connectivity index (χ1) is 18.1. The minimum absolute atomic E-state index is 0.0392. The van der Waals surface area contributed by atoms with Crippen molar-refractivity contribution in [2.45, 2.75) is 69.9 Å². The first-order valence-corrected chi connectivity index (χ1v) is 15.5. The van der Waals surface area contributed by atoms with Gasteiger partial charge in [-0.15, -0.1) is 0 Å². The summed E-state index contributed by atoms with van der Waals surface area (Å²) in [4.78, 5) is 20.2. The molecule has 0 spiro atoms. The molecule has 9 nitrogen and oxygen atoms in total. The van der Waals surface area contributed by atoms with Gasteiger partial charge in [0, 0.05) is 58.9 Å². The first-order valence-electron chi connectivity index (χ1n) is 14.1. The highest BCUT2D eigenvalue weighted by Gasteiger charge is 2.32. The van der Waals surface area contributed by atoms with E-state index in [0.717, 1.165) is 57.5 Å². The molecule has 0 radical (unpaired) electrons. The summed E-state index contributed by atoms with van der Waals surface area (Å²) < 4.78 is 38.9. The van der Waals surface area contributed by atoms with Gasteiger partial charge in [-0.3, -0.25) is 9.69 Å². The molecule has 0 unspecified atom stereocenters. The fourth-order valence-electron chi connectivity index (χ4n) is 5.76. The number of carbonyl (C=O) groups is 1. The van der Waals surface area contributed by atoms with Crippen LogP contribution in [0.25, 0.3) is 0 Å².